The van der Waals surface area contributed by atoms with Crippen LogP contribution in [-0.2, 0) is 10.0 Å². The first-order valence-electron chi connectivity index (χ1n) is 6.70. The summed E-state index contributed by atoms with van der Waals surface area (Å²) in [4.78, 5) is 0.308. The Balaban J connectivity index is 2.35. The molecule has 0 bridgehead atoms. The van der Waals surface area contributed by atoms with Crippen LogP contribution in [0.5, 0.6) is 0 Å². The molecule has 0 aliphatic heterocycles. The number of hydrogen-bond acceptors (Lipinski definition) is 3. The molecule has 1 fully saturated rings. The number of nitrogen functional groups attached to an aromatic ring is 1. The summed E-state index contributed by atoms with van der Waals surface area (Å²) in [5.41, 5.74) is 7.26. The van der Waals surface area contributed by atoms with E-state index in [1.165, 1.54) is 0 Å². The van der Waals surface area contributed by atoms with E-state index in [1.54, 1.807) is 22.5 Å². The summed E-state index contributed by atoms with van der Waals surface area (Å²) >= 11 is 0. The Morgan fingerprint density at radius 2 is 2.00 bits per heavy atom. The van der Waals surface area contributed by atoms with Crippen LogP contribution in [0.3, 0.4) is 0 Å². The maximum Gasteiger partial charge on any atom is 0.243 e. The van der Waals surface area contributed by atoms with Crippen LogP contribution in [0, 0.1) is 12.8 Å². The van der Waals surface area contributed by atoms with Crippen molar-refractivity contribution >= 4 is 15.7 Å². The highest BCUT2D eigenvalue weighted by atomic mass is 32.2. The van der Waals surface area contributed by atoms with Crippen molar-refractivity contribution in [3.05, 3.63) is 23.8 Å². The van der Waals surface area contributed by atoms with E-state index >= 15 is 0 Å². The van der Waals surface area contributed by atoms with E-state index in [2.05, 4.69) is 0 Å². The molecule has 1 aromatic rings. The molecule has 0 saturated heterocycles. The van der Waals surface area contributed by atoms with Gasteiger partial charge in [0.2, 0.25) is 10.0 Å². The molecule has 0 radical (unpaired) electrons. The number of nitrogens with zero attached hydrogens (tertiary/aromatic N) is 1. The van der Waals surface area contributed by atoms with Crippen LogP contribution >= 0.6 is 0 Å². The van der Waals surface area contributed by atoms with Gasteiger partial charge < -0.3 is 5.73 Å². The highest BCUT2D eigenvalue weighted by molar-refractivity contribution is 7.89. The summed E-state index contributed by atoms with van der Waals surface area (Å²) in [7, 11) is -3.42. The van der Waals surface area contributed by atoms with Crippen LogP contribution in [0.25, 0.3) is 0 Å². The van der Waals surface area contributed by atoms with Gasteiger partial charge in [-0.15, -0.1) is 0 Å². The zero-order valence-electron chi connectivity index (χ0n) is 11.8. The van der Waals surface area contributed by atoms with Gasteiger partial charge >= 0.3 is 0 Å². The fourth-order valence-corrected chi connectivity index (χ4v) is 3.96. The first kappa shape index (κ1) is 14.3. The van der Waals surface area contributed by atoms with Crippen LogP contribution < -0.4 is 5.73 Å². The summed E-state index contributed by atoms with van der Waals surface area (Å²) in [6.07, 6.45) is 1.93. The summed E-state index contributed by atoms with van der Waals surface area (Å²) < 4.78 is 27.0. The molecule has 1 aromatic carbocycles. The lowest BCUT2D eigenvalue weighted by atomic mass is 10.2. The average molecular weight is 282 g/mol. The zero-order chi connectivity index (χ0) is 14.2. The van der Waals surface area contributed by atoms with Gasteiger partial charge in [-0.25, -0.2) is 8.42 Å². The van der Waals surface area contributed by atoms with Crippen molar-refractivity contribution in [3.8, 4) is 0 Å². The SMILES string of the molecule is Cc1ccc(S(=O)(=O)N(CC(C)C)C2CC2)cc1N. The van der Waals surface area contributed by atoms with Crippen molar-refractivity contribution in [2.45, 2.75) is 44.6 Å². The van der Waals surface area contributed by atoms with Gasteiger partial charge in [-0.05, 0) is 43.4 Å². The molecule has 1 saturated carbocycles. The molecular formula is C14H22N2O2S. The third-order valence-electron chi connectivity index (χ3n) is 3.36. The Morgan fingerprint density at radius 1 is 1.37 bits per heavy atom. The van der Waals surface area contributed by atoms with Crippen LogP contribution in [0.2, 0.25) is 0 Å². The van der Waals surface area contributed by atoms with Crippen LogP contribution in [-0.4, -0.2) is 25.3 Å². The maximum absolute atomic E-state index is 12.7. The molecular weight excluding hydrogens is 260 g/mol. The molecule has 0 heterocycles. The van der Waals surface area contributed by atoms with Gasteiger partial charge in [-0.3, -0.25) is 0 Å². The molecule has 0 unspecified atom stereocenters. The van der Waals surface area contributed by atoms with Gasteiger partial charge in [0, 0.05) is 18.3 Å². The van der Waals surface area contributed by atoms with Gasteiger partial charge in [-0.2, -0.15) is 4.31 Å². The average Bonchev–Trinajstić information content (AvgIpc) is 3.13. The van der Waals surface area contributed by atoms with E-state index in [1.807, 2.05) is 20.8 Å². The summed E-state index contributed by atoms with van der Waals surface area (Å²) in [5.74, 6) is 0.318. The van der Waals surface area contributed by atoms with Crippen LogP contribution in [0.1, 0.15) is 32.3 Å². The molecule has 19 heavy (non-hydrogen) atoms. The molecule has 0 spiro atoms. The molecule has 2 N–H and O–H groups in total. The van der Waals surface area contributed by atoms with Crippen molar-refractivity contribution < 1.29 is 8.42 Å². The Morgan fingerprint density at radius 3 is 2.47 bits per heavy atom. The minimum atomic E-state index is -3.42. The Hall–Kier alpha value is -1.07. The Bertz CT molecular complexity index is 563. The van der Waals surface area contributed by atoms with E-state index < -0.39 is 10.0 Å². The van der Waals surface area contributed by atoms with Crippen molar-refractivity contribution in [1.29, 1.82) is 0 Å². The van der Waals surface area contributed by atoms with Gasteiger partial charge in [0.25, 0.3) is 0 Å². The molecule has 1 aliphatic carbocycles. The van der Waals surface area contributed by atoms with E-state index in [9.17, 15) is 8.42 Å². The van der Waals surface area contributed by atoms with Crippen molar-refractivity contribution in [3.63, 3.8) is 0 Å². The number of rotatable bonds is 5. The highest BCUT2D eigenvalue weighted by Gasteiger charge is 2.38. The first-order valence-corrected chi connectivity index (χ1v) is 8.14. The summed E-state index contributed by atoms with van der Waals surface area (Å²) in [6, 6.07) is 5.16. The predicted molar refractivity (Wildman–Crippen MR) is 77.3 cm³/mol. The number of anilines is 1. The lowest BCUT2D eigenvalue weighted by Gasteiger charge is -2.24. The quantitative estimate of drug-likeness (QED) is 0.843. The molecule has 5 heteroatoms. The number of nitrogens with two attached hydrogens (primary N) is 1. The van der Waals surface area contributed by atoms with E-state index in [4.69, 9.17) is 5.73 Å². The number of sulfonamides is 1. The second-order valence-corrected chi connectivity index (χ2v) is 7.61. The van der Waals surface area contributed by atoms with Gasteiger partial charge in [0.1, 0.15) is 0 Å². The van der Waals surface area contributed by atoms with E-state index in [0.717, 1.165) is 18.4 Å². The van der Waals surface area contributed by atoms with Gasteiger partial charge in [0.05, 0.1) is 4.90 Å². The molecule has 106 valence electrons. The lowest BCUT2D eigenvalue weighted by Crippen LogP contribution is -2.36. The van der Waals surface area contributed by atoms with Crippen molar-refractivity contribution in [2.24, 2.45) is 5.92 Å². The topological polar surface area (TPSA) is 63.4 Å². The first-order chi connectivity index (χ1) is 8.82. The molecule has 0 atom stereocenters. The number of benzene rings is 1. The molecule has 0 aromatic heterocycles. The standard InChI is InChI=1S/C14H22N2O2S/c1-10(2)9-16(12-5-6-12)19(17,18)13-7-4-11(3)14(15)8-13/h4,7-8,10,12H,5-6,9,15H2,1-3H3. The summed E-state index contributed by atoms with van der Waals surface area (Å²) in [6.45, 7) is 6.52. The lowest BCUT2D eigenvalue weighted by molar-refractivity contribution is 0.360. The molecule has 0 amide bonds. The smallest absolute Gasteiger partial charge is 0.243 e. The van der Waals surface area contributed by atoms with E-state index in [-0.39, 0.29) is 6.04 Å². The van der Waals surface area contributed by atoms with Crippen molar-refractivity contribution in [2.75, 3.05) is 12.3 Å². The number of aryl methyl sites for hydroxylation is 1. The molecule has 2 rings (SSSR count). The second kappa shape index (κ2) is 5.13. The minimum absolute atomic E-state index is 0.176. The van der Waals surface area contributed by atoms with Crippen molar-refractivity contribution in [1.82, 2.24) is 4.31 Å². The second-order valence-electron chi connectivity index (χ2n) is 5.72. The van der Waals surface area contributed by atoms with Crippen LogP contribution in [0.4, 0.5) is 5.69 Å². The predicted octanol–water partition coefficient (Wildman–Crippen LogP) is 2.39. The fraction of sp³-hybridized carbons (Fsp3) is 0.571. The molecule has 1 aliphatic rings. The fourth-order valence-electron chi connectivity index (χ4n) is 2.08. The number of hydrogen-bond donors (Lipinski definition) is 1. The zero-order valence-corrected chi connectivity index (χ0v) is 12.6. The highest BCUT2D eigenvalue weighted by Crippen LogP contribution is 2.33. The Labute approximate surface area is 115 Å². The molecule has 4 nitrogen and oxygen atoms in total. The third-order valence-corrected chi connectivity index (χ3v) is 5.27. The third kappa shape index (κ3) is 3.09. The Kier molecular flexibility index (Phi) is 3.87. The van der Waals surface area contributed by atoms with Gasteiger partial charge in [-0.1, -0.05) is 19.9 Å². The summed E-state index contributed by atoms with van der Waals surface area (Å²) in [5, 5.41) is 0. The maximum atomic E-state index is 12.7. The van der Waals surface area contributed by atoms with E-state index in [0.29, 0.717) is 23.0 Å². The largest absolute Gasteiger partial charge is 0.398 e. The monoisotopic (exact) mass is 282 g/mol. The van der Waals surface area contributed by atoms with Gasteiger partial charge in [0.15, 0.2) is 0 Å². The minimum Gasteiger partial charge on any atom is -0.398 e. The normalized spacial score (nSPS) is 16.3. The van der Waals surface area contributed by atoms with Crippen LogP contribution in [0.15, 0.2) is 23.1 Å².